The van der Waals surface area contributed by atoms with E-state index in [1.54, 1.807) is 45.2 Å². The van der Waals surface area contributed by atoms with Crippen molar-refractivity contribution < 1.29 is 14.0 Å². The molecule has 0 fully saturated rings. The minimum atomic E-state index is -0.711. The number of amides is 2. The van der Waals surface area contributed by atoms with Crippen LogP contribution in [0.15, 0.2) is 60.8 Å². The number of hydrogen-bond acceptors (Lipinski definition) is 3. The van der Waals surface area contributed by atoms with Gasteiger partial charge in [-0.15, -0.1) is 0 Å². The van der Waals surface area contributed by atoms with E-state index in [0.29, 0.717) is 11.1 Å². The first kappa shape index (κ1) is 18.5. The summed E-state index contributed by atoms with van der Waals surface area (Å²) in [4.78, 5) is 30.1. The second kappa shape index (κ2) is 7.15. The highest BCUT2D eigenvalue weighted by molar-refractivity contribution is 6.06. The number of nitrogens with zero attached hydrogens (tertiary/aromatic N) is 2. The van der Waals surface area contributed by atoms with Crippen LogP contribution < -0.4 is 5.43 Å². The van der Waals surface area contributed by atoms with E-state index in [1.165, 1.54) is 23.2 Å². The zero-order valence-electron chi connectivity index (χ0n) is 15.4. The number of carbonyl (C=O) groups excluding carboxylic acids is 2. The van der Waals surface area contributed by atoms with Crippen LogP contribution in [0.25, 0.3) is 10.9 Å². The summed E-state index contributed by atoms with van der Waals surface area (Å²) in [6.07, 6.45) is 1.62. The standard InChI is InChI=1S/C21H20FN3O2/c1-21(2,3)25(24-19(26)15-8-4-10-16(22)13-15)20(27)17-11-5-7-14-9-6-12-23-18(14)17/h4-13H,1-3H3,(H,24,26). The lowest BCUT2D eigenvalue weighted by atomic mass is 10.0. The number of hydrogen-bond donors (Lipinski definition) is 1. The van der Waals surface area contributed by atoms with E-state index in [9.17, 15) is 14.0 Å². The molecule has 0 saturated carbocycles. The number of halogens is 1. The third kappa shape index (κ3) is 3.95. The molecule has 27 heavy (non-hydrogen) atoms. The maximum atomic E-state index is 13.4. The molecule has 0 spiro atoms. The molecule has 6 heteroatoms. The van der Waals surface area contributed by atoms with Gasteiger partial charge in [-0.05, 0) is 51.1 Å². The van der Waals surface area contributed by atoms with E-state index in [2.05, 4.69) is 10.4 Å². The Morgan fingerprint density at radius 2 is 1.74 bits per heavy atom. The molecule has 5 nitrogen and oxygen atoms in total. The Bertz CT molecular complexity index is 1010. The number of benzene rings is 2. The molecule has 2 amide bonds. The third-order valence-electron chi connectivity index (χ3n) is 4.04. The first-order valence-corrected chi connectivity index (χ1v) is 8.52. The number of pyridine rings is 1. The molecule has 0 atom stereocenters. The first-order chi connectivity index (χ1) is 12.8. The molecule has 138 valence electrons. The Balaban J connectivity index is 1.97. The number of para-hydroxylation sites is 1. The van der Waals surface area contributed by atoms with Gasteiger partial charge in [0.25, 0.3) is 11.8 Å². The molecule has 2 aromatic carbocycles. The highest BCUT2D eigenvalue weighted by atomic mass is 19.1. The topological polar surface area (TPSA) is 62.3 Å². The van der Waals surface area contributed by atoms with E-state index in [0.717, 1.165) is 11.5 Å². The van der Waals surface area contributed by atoms with Gasteiger partial charge in [-0.2, -0.15) is 0 Å². The van der Waals surface area contributed by atoms with Crippen LogP contribution in [0.3, 0.4) is 0 Å². The Labute approximate surface area is 156 Å². The van der Waals surface area contributed by atoms with Crippen LogP contribution in [0.2, 0.25) is 0 Å². The van der Waals surface area contributed by atoms with Gasteiger partial charge in [0.15, 0.2) is 0 Å². The molecule has 1 aromatic heterocycles. The third-order valence-corrected chi connectivity index (χ3v) is 4.04. The Morgan fingerprint density at radius 1 is 1.04 bits per heavy atom. The van der Waals surface area contributed by atoms with Gasteiger partial charge in [-0.25, -0.2) is 9.40 Å². The van der Waals surface area contributed by atoms with Gasteiger partial charge >= 0.3 is 0 Å². The van der Waals surface area contributed by atoms with Crippen molar-refractivity contribution in [1.29, 1.82) is 0 Å². The summed E-state index contributed by atoms with van der Waals surface area (Å²) >= 11 is 0. The lowest BCUT2D eigenvalue weighted by molar-refractivity contribution is 0.0360. The highest BCUT2D eigenvalue weighted by Gasteiger charge is 2.30. The van der Waals surface area contributed by atoms with Crippen molar-refractivity contribution in [2.45, 2.75) is 26.3 Å². The van der Waals surface area contributed by atoms with Gasteiger partial charge in [0, 0.05) is 17.1 Å². The quantitative estimate of drug-likeness (QED) is 0.699. The minimum absolute atomic E-state index is 0.132. The zero-order chi connectivity index (χ0) is 19.6. The van der Waals surface area contributed by atoms with Gasteiger partial charge < -0.3 is 0 Å². The largest absolute Gasteiger partial charge is 0.274 e. The monoisotopic (exact) mass is 365 g/mol. The molecular weight excluding hydrogens is 345 g/mol. The SMILES string of the molecule is CC(C)(C)N(NC(=O)c1cccc(F)c1)C(=O)c1cccc2cccnc12. The lowest BCUT2D eigenvalue weighted by Crippen LogP contribution is -2.56. The molecule has 3 rings (SSSR count). The molecule has 0 saturated heterocycles. The van der Waals surface area contributed by atoms with Crippen molar-refractivity contribution in [1.82, 2.24) is 15.4 Å². The average Bonchev–Trinajstić information content (AvgIpc) is 2.64. The number of aromatic nitrogens is 1. The fourth-order valence-corrected chi connectivity index (χ4v) is 2.72. The van der Waals surface area contributed by atoms with E-state index in [-0.39, 0.29) is 5.56 Å². The number of fused-ring (bicyclic) bond motifs is 1. The van der Waals surface area contributed by atoms with E-state index in [4.69, 9.17) is 0 Å². The summed E-state index contributed by atoms with van der Waals surface area (Å²) in [6.45, 7) is 5.40. The predicted molar refractivity (Wildman–Crippen MR) is 102 cm³/mol. The van der Waals surface area contributed by atoms with E-state index in [1.807, 2.05) is 12.1 Å². The lowest BCUT2D eigenvalue weighted by Gasteiger charge is -2.35. The number of hydrazine groups is 1. The van der Waals surface area contributed by atoms with Crippen LogP contribution in [-0.4, -0.2) is 27.3 Å². The summed E-state index contributed by atoms with van der Waals surface area (Å²) in [5.41, 5.74) is 2.97. The Hall–Kier alpha value is -3.28. The van der Waals surface area contributed by atoms with Gasteiger partial charge in [-0.1, -0.05) is 24.3 Å². The molecule has 0 bridgehead atoms. The summed E-state index contributed by atoms with van der Waals surface area (Å²) in [5, 5.41) is 2.08. The van der Waals surface area contributed by atoms with Gasteiger partial charge in [0.2, 0.25) is 0 Å². The molecule has 1 heterocycles. The van der Waals surface area contributed by atoms with E-state index >= 15 is 0 Å². The highest BCUT2D eigenvalue weighted by Crippen LogP contribution is 2.21. The second-order valence-corrected chi connectivity index (χ2v) is 7.14. The first-order valence-electron chi connectivity index (χ1n) is 8.52. The van der Waals surface area contributed by atoms with Crippen molar-refractivity contribution in [3.63, 3.8) is 0 Å². The van der Waals surface area contributed by atoms with Gasteiger partial charge in [0.05, 0.1) is 16.6 Å². The smallest absolute Gasteiger partial charge is 0.267 e. The number of carbonyl (C=O) groups is 2. The minimum Gasteiger partial charge on any atom is -0.267 e. The number of rotatable bonds is 2. The van der Waals surface area contributed by atoms with Crippen LogP contribution in [0.5, 0.6) is 0 Å². The average molecular weight is 365 g/mol. The van der Waals surface area contributed by atoms with Crippen LogP contribution in [0.1, 0.15) is 41.5 Å². The van der Waals surface area contributed by atoms with Crippen LogP contribution >= 0.6 is 0 Å². The molecule has 0 radical (unpaired) electrons. The summed E-state index contributed by atoms with van der Waals surface area (Å²) < 4.78 is 13.4. The normalized spacial score (nSPS) is 11.3. The van der Waals surface area contributed by atoms with Gasteiger partial charge in [-0.3, -0.25) is 20.0 Å². The van der Waals surface area contributed by atoms with Crippen LogP contribution in [-0.2, 0) is 0 Å². The summed E-state index contributed by atoms with van der Waals surface area (Å²) in [6, 6.07) is 14.3. The van der Waals surface area contributed by atoms with Crippen molar-refractivity contribution in [2.75, 3.05) is 0 Å². The molecule has 0 aliphatic rings. The number of nitrogens with one attached hydrogen (secondary N) is 1. The van der Waals surface area contributed by atoms with Crippen molar-refractivity contribution in [3.05, 3.63) is 77.7 Å². The summed E-state index contributed by atoms with van der Waals surface area (Å²) in [5.74, 6) is -1.47. The van der Waals surface area contributed by atoms with Crippen LogP contribution in [0.4, 0.5) is 4.39 Å². The maximum absolute atomic E-state index is 13.4. The van der Waals surface area contributed by atoms with Crippen molar-refractivity contribution >= 4 is 22.7 Å². The maximum Gasteiger partial charge on any atom is 0.274 e. The molecule has 0 unspecified atom stereocenters. The fraction of sp³-hybridized carbons (Fsp3) is 0.190. The molecule has 0 aliphatic carbocycles. The Kier molecular flexibility index (Phi) is 4.90. The predicted octanol–water partition coefficient (Wildman–Crippen LogP) is 3.96. The Morgan fingerprint density at radius 3 is 2.44 bits per heavy atom. The molecule has 0 aliphatic heterocycles. The van der Waals surface area contributed by atoms with Crippen molar-refractivity contribution in [3.8, 4) is 0 Å². The van der Waals surface area contributed by atoms with E-state index < -0.39 is 23.2 Å². The van der Waals surface area contributed by atoms with Crippen molar-refractivity contribution in [2.24, 2.45) is 0 Å². The van der Waals surface area contributed by atoms with Gasteiger partial charge in [0.1, 0.15) is 5.82 Å². The second-order valence-electron chi connectivity index (χ2n) is 7.14. The fourth-order valence-electron chi connectivity index (χ4n) is 2.72. The molecule has 1 N–H and O–H groups in total. The molecule has 3 aromatic rings. The van der Waals surface area contributed by atoms with Crippen LogP contribution in [0, 0.1) is 5.82 Å². The zero-order valence-corrected chi connectivity index (χ0v) is 15.4. The summed E-state index contributed by atoms with van der Waals surface area (Å²) in [7, 11) is 0. The molecular formula is C21H20FN3O2.